The first-order chi connectivity index (χ1) is 8.53. The Morgan fingerprint density at radius 1 is 1.50 bits per heavy atom. The molecule has 1 heterocycles. The topological polar surface area (TPSA) is 55.6 Å². The molecule has 0 saturated heterocycles. The Kier molecular flexibility index (Phi) is 4.00. The first-order valence-electron chi connectivity index (χ1n) is 6.99. The number of hydrogen-bond donors (Lipinski definition) is 1. The fourth-order valence-electron chi connectivity index (χ4n) is 3.32. The zero-order valence-electron chi connectivity index (χ0n) is 12.0. The highest BCUT2D eigenvalue weighted by molar-refractivity contribution is 4.96. The van der Waals surface area contributed by atoms with Crippen molar-refractivity contribution in [1.82, 2.24) is 25.5 Å². The molecule has 1 fully saturated rings. The van der Waals surface area contributed by atoms with Crippen LogP contribution in [0.3, 0.4) is 0 Å². The van der Waals surface area contributed by atoms with Crippen LogP contribution in [0, 0.1) is 11.3 Å². The van der Waals surface area contributed by atoms with Crippen molar-refractivity contribution < 1.29 is 0 Å². The summed E-state index contributed by atoms with van der Waals surface area (Å²) in [5, 5.41) is 16.0. The predicted molar refractivity (Wildman–Crippen MR) is 71.1 cm³/mol. The minimum atomic E-state index is 0.426. The fourth-order valence-corrected chi connectivity index (χ4v) is 3.32. The molecule has 1 N–H and O–H groups in total. The lowest BCUT2D eigenvalue weighted by atomic mass is 9.76. The van der Waals surface area contributed by atoms with E-state index in [-0.39, 0.29) is 0 Å². The van der Waals surface area contributed by atoms with E-state index in [0.29, 0.717) is 17.4 Å². The number of hydrogen-bond acceptors (Lipinski definition) is 4. The summed E-state index contributed by atoms with van der Waals surface area (Å²) in [4.78, 5) is 1.54. The Morgan fingerprint density at radius 2 is 2.28 bits per heavy atom. The molecule has 1 aromatic heterocycles. The van der Waals surface area contributed by atoms with E-state index in [2.05, 4.69) is 41.5 Å². The molecule has 0 aliphatic heterocycles. The van der Waals surface area contributed by atoms with Gasteiger partial charge in [0.25, 0.3) is 0 Å². The largest absolute Gasteiger partial charge is 0.314 e. The molecule has 1 saturated carbocycles. The molecule has 0 aromatic carbocycles. The van der Waals surface area contributed by atoms with Crippen molar-refractivity contribution in [2.75, 3.05) is 6.54 Å². The monoisotopic (exact) mass is 251 g/mol. The number of likely N-dealkylation sites (N-methyl/N-ethyl adjacent to an activating group) is 1. The summed E-state index contributed by atoms with van der Waals surface area (Å²) in [7, 11) is 1.82. The van der Waals surface area contributed by atoms with E-state index in [0.717, 1.165) is 18.8 Å². The molecule has 1 aliphatic carbocycles. The van der Waals surface area contributed by atoms with Gasteiger partial charge in [-0.25, -0.2) is 0 Å². The van der Waals surface area contributed by atoms with Gasteiger partial charge in [-0.1, -0.05) is 27.2 Å². The van der Waals surface area contributed by atoms with Crippen LogP contribution in [0.25, 0.3) is 0 Å². The van der Waals surface area contributed by atoms with Crippen molar-refractivity contribution in [3.8, 4) is 0 Å². The second-order valence-corrected chi connectivity index (χ2v) is 6.05. The SMILES string of the molecule is CCNC(Cc1nnn(C)n1)C1CCCC1(C)C. The van der Waals surface area contributed by atoms with E-state index in [1.54, 1.807) is 0 Å². The summed E-state index contributed by atoms with van der Waals surface area (Å²) in [5.74, 6) is 1.56. The number of aromatic nitrogens is 4. The van der Waals surface area contributed by atoms with Crippen LogP contribution in [0.5, 0.6) is 0 Å². The summed E-state index contributed by atoms with van der Waals surface area (Å²) in [5.41, 5.74) is 0.426. The maximum Gasteiger partial charge on any atom is 0.176 e. The van der Waals surface area contributed by atoms with Crippen LogP contribution in [-0.2, 0) is 13.5 Å². The van der Waals surface area contributed by atoms with Crippen molar-refractivity contribution in [3.05, 3.63) is 5.82 Å². The second kappa shape index (κ2) is 5.34. The molecule has 2 rings (SSSR count). The number of rotatable bonds is 5. The molecule has 5 nitrogen and oxygen atoms in total. The van der Waals surface area contributed by atoms with Gasteiger partial charge in [0.2, 0.25) is 0 Å². The van der Waals surface area contributed by atoms with E-state index in [9.17, 15) is 0 Å². The molecule has 0 bridgehead atoms. The lowest BCUT2D eigenvalue weighted by Gasteiger charge is -2.34. The van der Waals surface area contributed by atoms with E-state index >= 15 is 0 Å². The van der Waals surface area contributed by atoms with Crippen LogP contribution in [0.15, 0.2) is 0 Å². The Bertz CT molecular complexity index is 384. The molecule has 0 amide bonds. The van der Waals surface area contributed by atoms with Crippen LogP contribution >= 0.6 is 0 Å². The van der Waals surface area contributed by atoms with Gasteiger partial charge in [0.15, 0.2) is 5.82 Å². The Balaban J connectivity index is 2.08. The highest BCUT2D eigenvalue weighted by atomic mass is 15.6. The molecule has 0 spiro atoms. The first kappa shape index (κ1) is 13.5. The Morgan fingerprint density at radius 3 is 2.78 bits per heavy atom. The number of nitrogens with one attached hydrogen (secondary N) is 1. The molecule has 1 aliphatic rings. The summed E-state index contributed by atoms with van der Waals surface area (Å²) < 4.78 is 0. The van der Waals surface area contributed by atoms with Crippen LogP contribution in [0.2, 0.25) is 0 Å². The third-order valence-corrected chi connectivity index (χ3v) is 4.24. The molecule has 18 heavy (non-hydrogen) atoms. The second-order valence-electron chi connectivity index (χ2n) is 6.05. The average Bonchev–Trinajstić information content (AvgIpc) is 2.84. The fraction of sp³-hybridized carbons (Fsp3) is 0.923. The van der Waals surface area contributed by atoms with Gasteiger partial charge in [0.1, 0.15) is 0 Å². The zero-order valence-corrected chi connectivity index (χ0v) is 12.0. The lowest BCUT2D eigenvalue weighted by Crippen LogP contribution is -2.42. The summed E-state index contributed by atoms with van der Waals surface area (Å²) in [6.45, 7) is 7.94. The van der Waals surface area contributed by atoms with Crippen LogP contribution < -0.4 is 5.32 Å². The standard InChI is InChI=1S/C13H25N5/c1-5-14-11(9-12-15-17-18(4)16-12)10-7-6-8-13(10,2)3/h10-11,14H,5-9H2,1-4H3. The number of aryl methyl sites for hydroxylation is 1. The quantitative estimate of drug-likeness (QED) is 0.863. The smallest absolute Gasteiger partial charge is 0.176 e. The molecule has 0 radical (unpaired) electrons. The summed E-state index contributed by atoms with van der Waals surface area (Å²) >= 11 is 0. The van der Waals surface area contributed by atoms with Gasteiger partial charge in [-0.15, -0.1) is 10.2 Å². The van der Waals surface area contributed by atoms with Crippen molar-refractivity contribution in [3.63, 3.8) is 0 Å². The zero-order chi connectivity index (χ0) is 13.2. The van der Waals surface area contributed by atoms with Gasteiger partial charge in [-0.2, -0.15) is 4.80 Å². The maximum atomic E-state index is 4.31. The predicted octanol–water partition coefficient (Wildman–Crippen LogP) is 1.56. The molecule has 2 atom stereocenters. The van der Waals surface area contributed by atoms with Crippen molar-refractivity contribution in [1.29, 1.82) is 0 Å². The number of tetrazole rings is 1. The molecule has 2 unspecified atom stereocenters. The van der Waals surface area contributed by atoms with E-state index in [1.165, 1.54) is 24.1 Å². The third kappa shape index (κ3) is 2.88. The number of nitrogens with zero attached hydrogens (tertiary/aromatic N) is 4. The molecular weight excluding hydrogens is 226 g/mol. The highest BCUT2D eigenvalue weighted by Gasteiger charge is 2.39. The third-order valence-electron chi connectivity index (χ3n) is 4.24. The minimum Gasteiger partial charge on any atom is -0.314 e. The van der Waals surface area contributed by atoms with Crippen molar-refractivity contribution in [2.45, 2.75) is 52.5 Å². The van der Waals surface area contributed by atoms with E-state index in [1.807, 2.05) is 7.05 Å². The normalized spacial score (nSPS) is 24.3. The van der Waals surface area contributed by atoms with Crippen LogP contribution in [-0.4, -0.2) is 32.8 Å². The van der Waals surface area contributed by atoms with Gasteiger partial charge in [-0.3, -0.25) is 0 Å². The first-order valence-corrected chi connectivity index (χ1v) is 6.99. The van der Waals surface area contributed by atoms with Gasteiger partial charge in [-0.05, 0) is 35.9 Å². The molecular formula is C13H25N5. The maximum absolute atomic E-state index is 4.31. The van der Waals surface area contributed by atoms with Gasteiger partial charge >= 0.3 is 0 Å². The van der Waals surface area contributed by atoms with E-state index < -0.39 is 0 Å². The van der Waals surface area contributed by atoms with Crippen molar-refractivity contribution in [2.24, 2.45) is 18.4 Å². The van der Waals surface area contributed by atoms with Gasteiger partial charge in [0.05, 0.1) is 7.05 Å². The highest BCUT2D eigenvalue weighted by Crippen LogP contribution is 2.44. The molecule has 5 heteroatoms. The Labute approximate surface area is 109 Å². The van der Waals surface area contributed by atoms with E-state index in [4.69, 9.17) is 0 Å². The molecule has 1 aromatic rings. The lowest BCUT2D eigenvalue weighted by molar-refractivity contribution is 0.195. The minimum absolute atomic E-state index is 0.426. The molecule has 102 valence electrons. The van der Waals surface area contributed by atoms with Gasteiger partial charge < -0.3 is 5.32 Å². The average molecular weight is 251 g/mol. The van der Waals surface area contributed by atoms with Crippen molar-refractivity contribution >= 4 is 0 Å². The summed E-state index contributed by atoms with van der Waals surface area (Å²) in [6, 6.07) is 0.469. The van der Waals surface area contributed by atoms with Crippen LogP contribution in [0.1, 0.15) is 45.9 Å². The Hall–Kier alpha value is -0.970. The van der Waals surface area contributed by atoms with Crippen LogP contribution in [0.4, 0.5) is 0 Å². The summed E-state index contributed by atoms with van der Waals surface area (Å²) in [6.07, 6.45) is 4.86. The van der Waals surface area contributed by atoms with Gasteiger partial charge in [0, 0.05) is 12.5 Å².